The SMILES string of the molecule is CNCC1(c2ccccc2SC(C)C)CC1. The number of likely N-dealkylation sites (N-methyl/N-ethyl adjacent to an activating group) is 1. The van der Waals surface area contributed by atoms with Gasteiger partial charge in [-0.2, -0.15) is 0 Å². The standard InChI is InChI=1S/C14H21NS/c1-11(2)16-13-7-5-4-6-12(13)14(8-9-14)10-15-3/h4-7,11,15H,8-10H2,1-3H3. The highest BCUT2D eigenvalue weighted by Gasteiger charge is 2.44. The highest BCUT2D eigenvalue weighted by molar-refractivity contribution is 8.00. The van der Waals surface area contributed by atoms with Gasteiger partial charge in [0.15, 0.2) is 0 Å². The molecular weight excluding hydrogens is 214 g/mol. The van der Waals surface area contributed by atoms with Crippen molar-refractivity contribution in [2.45, 2.75) is 42.2 Å². The lowest BCUT2D eigenvalue weighted by Crippen LogP contribution is -2.24. The molecule has 0 aliphatic heterocycles. The van der Waals surface area contributed by atoms with E-state index in [-0.39, 0.29) is 0 Å². The third kappa shape index (κ3) is 2.44. The number of rotatable bonds is 5. The van der Waals surface area contributed by atoms with Crippen LogP contribution in [-0.4, -0.2) is 18.8 Å². The summed E-state index contributed by atoms with van der Waals surface area (Å²) in [4.78, 5) is 1.48. The van der Waals surface area contributed by atoms with Crippen LogP contribution >= 0.6 is 11.8 Å². The van der Waals surface area contributed by atoms with Crippen LogP contribution in [0.5, 0.6) is 0 Å². The molecule has 2 rings (SSSR count). The molecule has 0 saturated heterocycles. The van der Waals surface area contributed by atoms with E-state index in [1.54, 1.807) is 5.56 Å². The van der Waals surface area contributed by atoms with Gasteiger partial charge in [0.1, 0.15) is 0 Å². The van der Waals surface area contributed by atoms with E-state index in [9.17, 15) is 0 Å². The predicted octanol–water partition coefficient (Wildman–Crippen LogP) is 3.44. The second-order valence-electron chi connectivity index (χ2n) is 4.97. The lowest BCUT2D eigenvalue weighted by atomic mass is 9.96. The Kier molecular flexibility index (Phi) is 3.60. The summed E-state index contributed by atoms with van der Waals surface area (Å²) in [6, 6.07) is 8.92. The van der Waals surface area contributed by atoms with Crippen molar-refractivity contribution in [3.8, 4) is 0 Å². The monoisotopic (exact) mass is 235 g/mol. The smallest absolute Gasteiger partial charge is 0.0113 e. The van der Waals surface area contributed by atoms with E-state index < -0.39 is 0 Å². The molecule has 88 valence electrons. The van der Waals surface area contributed by atoms with Crippen LogP contribution in [0.3, 0.4) is 0 Å². The van der Waals surface area contributed by atoms with Crippen LogP contribution in [0, 0.1) is 0 Å². The molecule has 1 aliphatic rings. The van der Waals surface area contributed by atoms with E-state index in [0.717, 1.165) is 6.54 Å². The minimum absolute atomic E-state index is 0.438. The fourth-order valence-electron chi connectivity index (χ4n) is 2.29. The van der Waals surface area contributed by atoms with Crippen molar-refractivity contribution in [3.05, 3.63) is 29.8 Å². The van der Waals surface area contributed by atoms with Gasteiger partial charge >= 0.3 is 0 Å². The lowest BCUT2D eigenvalue weighted by molar-refractivity contribution is 0.615. The first kappa shape index (κ1) is 12.0. The van der Waals surface area contributed by atoms with Gasteiger partial charge in [-0.1, -0.05) is 32.0 Å². The Morgan fingerprint density at radius 1 is 1.31 bits per heavy atom. The number of benzene rings is 1. The average molecular weight is 235 g/mol. The van der Waals surface area contributed by atoms with E-state index in [1.807, 2.05) is 11.8 Å². The summed E-state index contributed by atoms with van der Waals surface area (Å²) in [6.45, 7) is 5.64. The summed E-state index contributed by atoms with van der Waals surface area (Å²) < 4.78 is 0. The first-order valence-electron chi connectivity index (χ1n) is 6.09. The van der Waals surface area contributed by atoms with Crippen molar-refractivity contribution in [2.75, 3.05) is 13.6 Å². The van der Waals surface area contributed by atoms with Crippen LogP contribution < -0.4 is 5.32 Å². The minimum atomic E-state index is 0.438. The molecule has 1 aliphatic carbocycles. The fraction of sp³-hybridized carbons (Fsp3) is 0.571. The van der Waals surface area contributed by atoms with E-state index in [1.165, 1.54) is 17.7 Å². The van der Waals surface area contributed by atoms with Crippen molar-refractivity contribution in [3.63, 3.8) is 0 Å². The minimum Gasteiger partial charge on any atom is -0.319 e. The zero-order valence-corrected chi connectivity index (χ0v) is 11.2. The Morgan fingerprint density at radius 2 is 2.00 bits per heavy atom. The summed E-state index contributed by atoms with van der Waals surface area (Å²) in [5, 5.41) is 4.00. The third-order valence-corrected chi connectivity index (χ3v) is 4.27. The van der Waals surface area contributed by atoms with Crippen molar-refractivity contribution >= 4 is 11.8 Å². The Morgan fingerprint density at radius 3 is 2.56 bits per heavy atom. The summed E-state index contributed by atoms with van der Waals surface area (Å²) >= 11 is 1.99. The molecule has 0 radical (unpaired) electrons. The topological polar surface area (TPSA) is 12.0 Å². The summed E-state index contributed by atoms with van der Waals surface area (Å²) in [6.07, 6.45) is 2.67. The summed E-state index contributed by atoms with van der Waals surface area (Å²) in [5.41, 5.74) is 2.00. The van der Waals surface area contributed by atoms with Gasteiger partial charge in [0, 0.05) is 22.1 Å². The highest BCUT2D eigenvalue weighted by Crippen LogP contribution is 2.50. The Labute approximate surface area is 103 Å². The maximum Gasteiger partial charge on any atom is 0.0113 e. The van der Waals surface area contributed by atoms with Crippen molar-refractivity contribution in [1.82, 2.24) is 5.32 Å². The molecule has 2 heteroatoms. The van der Waals surface area contributed by atoms with Crippen LogP contribution in [0.15, 0.2) is 29.2 Å². The molecule has 0 amide bonds. The maximum atomic E-state index is 3.34. The number of hydrogen-bond acceptors (Lipinski definition) is 2. The van der Waals surface area contributed by atoms with Gasteiger partial charge in [0.05, 0.1) is 0 Å². The zero-order chi connectivity index (χ0) is 11.6. The number of thioether (sulfide) groups is 1. The second-order valence-corrected chi connectivity index (χ2v) is 6.59. The van der Waals surface area contributed by atoms with E-state index in [2.05, 4.69) is 50.5 Å². The molecule has 1 aromatic carbocycles. The van der Waals surface area contributed by atoms with Gasteiger partial charge in [0.25, 0.3) is 0 Å². The van der Waals surface area contributed by atoms with E-state index >= 15 is 0 Å². The van der Waals surface area contributed by atoms with Crippen molar-refractivity contribution in [1.29, 1.82) is 0 Å². The fourth-order valence-corrected chi connectivity index (χ4v) is 3.37. The maximum absolute atomic E-state index is 3.34. The van der Waals surface area contributed by atoms with Gasteiger partial charge in [-0.25, -0.2) is 0 Å². The lowest BCUT2D eigenvalue weighted by Gasteiger charge is -2.19. The van der Waals surface area contributed by atoms with Crippen LogP contribution in [-0.2, 0) is 5.41 Å². The summed E-state index contributed by atoms with van der Waals surface area (Å²) in [7, 11) is 2.05. The molecule has 1 fully saturated rings. The molecule has 16 heavy (non-hydrogen) atoms. The quantitative estimate of drug-likeness (QED) is 0.785. The Balaban J connectivity index is 2.26. The first-order valence-corrected chi connectivity index (χ1v) is 6.97. The van der Waals surface area contributed by atoms with Crippen LogP contribution in [0.1, 0.15) is 32.3 Å². The molecule has 0 atom stereocenters. The van der Waals surface area contributed by atoms with Gasteiger partial charge in [-0.3, -0.25) is 0 Å². The van der Waals surface area contributed by atoms with E-state index in [4.69, 9.17) is 0 Å². The van der Waals surface area contributed by atoms with Crippen molar-refractivity contribution in [2.24, 2.45) is 0 Å². The normalized spacial score (nSPS) is 17.8. The molecule has 0 aromatic heterocycles. The average Bonchev–Trinajstić information content (AvgIpc) is 2.99. The van der Waals surface area contributed by atoms with Crippen molar-refractivity contribution < 1.29 is 0 Å². The Hall–Kier alpha value is -0.470. The molecule has 0 unspecified atom stereocenters. The second kappa shape index (κ2) is 4.80. The third-order valence-electron chi connectivity index (χ3n) is 3.19. The Bertz CT molecular complexity index is 356. The highest BCUT2D eigenvalue weighted by atomic mass is 32.2. The number of nitrogens with one attached hydrogen (secondary N) is 1. The molecule has 1 aromatic rings. The van der Waals surface area contributed by atoms with Gasteiger partial charge in [-0.05, 0) is 31.5 Å². The molecule has 0 bridgehead atoms. The van der Waals surface area contributed by atoms with Gasteiger partial charge in [0.2, 0.25) is 0 Å². The van der Waals surface area contributed by atoms with Crippen LogP contribution in [0.2, 0.25) is 0 Å². The number of hydrogen-bond donors (Lipinski definition) is 1. The largest absolute Gasteiger partial charge is 0.319 e. The molecule has 0 spiro atoms. The van der Waals surface area contributed by atoms with Crippen LogP contribution in [0.4, 0.5) is 0 Å². The molecular formula is C14H21NS. The van der Waals surface area contributed by atoms with Gasteiger partial charge < -0.3 is 5.32 Å². The zero-order valence-electron chi connectivity index (χ0n) is 10.4. The molecule has 1 saturated carbocycles. The predicted molar refractivity (Wildman–Crippen MR) is 72.3 cm³/mol. The van der Waals surface area contributed by atoms with E-state index in [0.29, 0.717) is 10.7 Å². The van der Waals surface area contributed by atoms with Crippen LogP contribution in [0.25, 0.3) is 0 Å². The van der Waals surface area contributed by atoms with Gasteiger partial charge in [-0.15, -0.1) is 11.8 Å². The summed E-state index contributed by atoms with van der Waals surface area (Å²) in [5.74, 6) is 0. The first-order chi connectivity index (χ1) is 7.68. The molecule has 0 heterocycles. The molecule has 1 N–H and O–H groups in total. The molecule has 1 nitrogen and oxygen atoms in total.